The van der Waals surface area contributed by atoms with Gasteiger partial charge in [-0.2, -0.15) is 0 Å². The van der Waals surface area contributed by atoms with Crippen molar-refractivity contribution in [1.82, 2.24) is 10.6 Å². The minimum Gasteiger partial charge on any atom is -0.484 e. The van der Waals surface area contributed by atoms with E-state index in [0.717, 1.165) is 18.7 Å². The Bertz CT molecular complexity index is 423. The van der Waals surface area contributed by atoms with Crippen LogP contribution in [0.4, 0.5) is 0 Å². The van der Waals surface area contributed by atoms with Gasteiger partial charge in [0.2, 0.25) is 0 Å². The van der Waals surface area contributed by atoms with Gasteiger partial charge in [-0.1, -0.05) is 26.0 Å². The monoisotopic (exact) mass is 276 g/mol. The molecule has 2 N–H and O–H groups in total. The first kappa shape index (κ1) is 14.9. The Morgan fingerprint density at radius 3 is 2.75 bits per heavy atom. The summed E-state index contributed by atoms with van der Waals surface area (Å²) in [5.74, 6) is 1.18. The van der Waals surface area contributed by atoms with E-state index < -0.39 is 0 Å². The maximum atomic E-state index is 11.7. The fourth-order valence-corrected chi connectivity index (χ4v) is 2.32. The molecule has 0 aromatic heterocycles. The third-order valence-corrected chi connectivity index (χ3v) is 3.62. The molecule has 0 bridgehead atoms. The van der Waals surface area contributed by atoms with Crippen molar-refractivity contribution < 1.29 is 9.53 Å². The van der Waals surface area contributed by atoms with Gasteiger partial charge in [0, 0.05) is 12.6 Å². The summed E-state index contributed by atoms with van der Waals surface area (Å²) in [5.41, 5.74) is 1.27. The van der Waals surface area contributed by atoms with E-state index in [1.54, 1.807) is 0 Å². The van der Waals surface area contributed by atoms with Crippen LogP contribution in [0.25, 0.3) is 0 Å². The van der Waals surface area contributed by atoms with Gasteiger partial charge in [-0.05, 0) is 43.0 Å². The van der Waals surface area contributed by atoms with Crippen LogP contribution in [0, 0.1) is 0 Å². The minimum absolute atomic E-state index is 0.0633. The standard InChI is InChI=1S/C16H24N2O2/c1-12(2)13-5-7-15(8-6-13)20-11-16(19)18-10-14-4-3-9-17-14/h5-8,12,14,17H,3-4,9-11H2,1-2H3,(H,18,19). The van der Waals surface area contributed by atoms with Gasteiger partial charge in [-0.25, -0.2) is 0 Å². The SMILES string of the molecule is CC(C)c1ccc(OCC(=O)NCC2CCCN2)cc1. The van der Waals surface area contributed by atoms with Crippen molar-refractivity contribution in [2.45, 2.75) is 38.6 Å². The number of rotatable bonds is 6. The summed E-state index contributed by atoms with van der Waals surface area (Å²) in [7, 11) is 0. The van der Waals surface area contributed by atoms with E-state index >= 15 is 0 Å². The fourth-order valence-electron chi connectivity index (χ4n) is 2.32. The van der Waals surface area contributed by atoms with Gasteiger partial charge in [-0.15, -0.1) is 0 Å². The van der Waals surface area contributed by atoms with Crippen molar-refractivity contribution in [1.29, 1.82) is 0 Å². The lowest BCUT2D eigenvalue weighted by Crippen LogP contribution is -2.39. The average Bonchev–Trinajstić information content (AvgIpc) is 2.96. The molecule has 110 valence electrons. The topological polar surface area (TPSA) is 50.4 Å². The van der Waals surface area contributed by atoms with Crippen molar-refractivity contribution in [2.75, 3.05) is 19.7 Å². The van der Waals surface area contributed by atoms with E-state index in [-0.39, 0.29) is 12.5 Å². The number of nitrogens with one attached hydrogen (secondary N) is 2. The van der Waals surface area contributed by atoms with Gasteiger partial charge in [0.15, 0.2) is 6.61 Å². The summed E-state index contributed by atoms with van der Waals surface area (Å²) < 4.78 is 5.49. The summed E-state index contributed by atoms with van der Waals surface area (Å²) in [5, 5.41) is 6.24. The molecule has 1 atom stereocenters. The molecule has 1 saturated heterocycles. The van der Waals surface area contributed by atoms with Crippen LogP contribution < -0.4 is 15.4 Å². The average molecular weight is 276 g/mol. The van der Waals surface area contributed by atoms with Crippen LogP contribution in [-0.4, -0.2) is 31.6 Å². The largest absolute Gasteiger partial charge is 0.484 e. The Morgan fingerprint density at radius 2 is 2.15 bits per heavy atom. The molecule has 20 heavy (non-hydrogen) atoms. The lowest BCUT2D eigenvalue weighted by Gasteiger charge is -2.12. The molecule has 1 aromatic rings. The molecule has 1 fully saturated rings. The second kappa shape index (κ2) is 7.29. The molecule has 0 saturated carbocycles. The Labute approximate surface area is 120 Å². The predicted molar refractivity (Wildman–Crippen MR) is 80.1 cm³/mol. The zero-order valence-electron chi connectivity index (χ0n) is 12.3. The Balaban J connectivity index is 1.69. The van der Waals surface area contributed by atoms with E-state index in [2.05, 4.69) is 24.5 Å². The van der Waals surface area contributed by atoms with Crippen LogP contribution in [0.2, 0.25) is 0 Å². The third kappa shape index (κ3) is 4.53. The fraction of sp³-hybridized carbons (Fsp3) is 0.562. The lowest BCUT2D eigenvalue weighted by atomic mass is 10.0. The highest BCUT2D eigenvalue weighted by Gasteiger charge is 2.14. The Kier molecular flexibility index (Phi) is 5.41. The number of hydrogen-bond donors (Lipinski definition) is 2. The van der Waals surface area contributed by atoms with Crippen LogP contribution in [0.3, 0.4) is 0 Å². The first-order chi connectivity index (χ1) is 9.65. The van der Waals surface area contributed by atoms with Gasteiger partial charge in [0.05, 0.1) is 0 Å². The summed E-state index contributed by atoms with van der Waals surface area (Å²) in [6.07, 6.45) is 2.33. The second-order valence-electron chi connectivity index (χ2n) is 5.61. The van der Waals surface area contributed by atoms with Crippen molar-refractivity contribution in [3.8, 4) is 5.75 Å². The molecule has 1 heterocycles. The Hall–Kier alpha value is -1.55. The van der Waals surface area contributed by atoms with Crippen LogP contribution in [0.1, 0.15) is 38.2 Å². The smallest absolute Gasteiger partial charge is 0.257 e. The molecular weight excluding hydrogens is 252 g/mol. The quantitative estimate of drug-likeness (QED) is 0.836. The summed E-state index contributed by atoms with van der Waals surface area (Å²) in [6.45, 7) is 6.13. The second-order valence-corrected chi connectivity index (χ2v) is 5.61. The molecule has 4 nitrogen and oxygen atoms in total. The first-order valence-electron chi connectivity index (χ1n) is 7.38. The molecular formula is C16H24N2O2. The van der Waals surface area contributed by atoms with E-state index in [0.29, 0.717) is 18.5 Å². The zero-order chi connectivity index (χ0) is 14.4. The first-order valence-corrected chi connectivity index (χ1v) is 7.38. The summed E-state index contributed by atoms with van der Waals surface area (Å²) >= 11 is 0. The van der Waals surface area contributed by atoms with Crippen molar-refractivity contribution in [3.63, 3.8) is 0 Å². The molecule has 1 aromatic carbocycles. The molecule has 4 heteroatoms. The van der Waals surface area contributed by atoms with Gasteiger partial charge in [0.1, 0.15) is 5.75 Å². The van der Waals surface area contributed by atoms with E-state index in [1.807, 2.05) is 24.3 Å². The van der Waals surface area contributed by atoms with E-state index in [1.165, 1.54) is 12.0 Å². The number of carbonyl (C=O) groups is 1. The maximum absolute atomic E-state index is 11.7. The molecule has 0 aliphatic carbocycles. The number of ether oxygens (including phenoxy) is 1. The molecule has 1 aliphatic heterocycles. The highest BCUT2D eigenvalue weighted by molar-refractivity contribution is 5.77. The maximum Gasteiger partial charge on any atom is 0.257 e. The van der Waals surface area contributed by atoms with E-state index in [9.17, 15) is 4.79 Å². The van der Waals surface area contributed by atoms with Crippen molar-refractivity contribution >= 4 is 5.91 Å². The third-order valence-electron chi connectivity index (χ3n) is 3.62. The number of benzene rings is 1. The van der Waals surface area contributed by atoms with Crippen molar-refractivity contribution in [3.05, 3.63) is 29.8 Å². The highest BCUT2D eigenvalue weighted by atomic mass is 16.5. The van der Waals surface area contributed by atoms with Crippen LogP contribution in [-0.2, 0) is 4.79 Å². The summed E-state index contributed by atoms with van der Waals surface area (Å²) in [6, 6.07) is 8.34. The molecule has 1 amide bonds. The molecule has 1 aliphatic rings. The number of amides is 1. The molecule has 0 spiro atoms. The van der Waals surface area contributed by atoms with Crippen LogP contribution in [0.15, 0.2) is 24.3 Å². The number of carbonyl (C=O) groups excluding carboxylic acids is 1. The highest BCUT2D eigenvalue weighted by Crippen LogP contribution is 2.18. The van der Waals surface area contributed by atoms with Crippen LogP contribution >= 0.6 is 0 Å². The van der Waals surface area contributed by atoms with E-state index in [4.69, 9.17) is 4.74 Å². The molecule has 1 unspecified atom stereocenters. The Morgan fingerprint density at radius 1 is 1.40 bits per heavy atom. The zero-order valence-corrected chi connectivity index (χ0v) is 12.3. The molecule has 0 radical (unpaired) electrons. The normalized spacial score (nSPS) is 18.2. The minimum atomic E-state index is -0.0633. The predicted octanol–water partition coefficient (Wildman–Crippen LogP) is 2.06. The van der Waals surface area contributed by atoms with Crippen molar-refractivity contribution in [2.24, 2.45) is 0 Å². The number of hydrogen-bond acceptors (Lipinski definition) is 3. The van der Waals surface area contributed by atoms with Gasteiger partial charge >= 0.3 is 0 Å². The van der Waals surface area contributed by atoms with Crippen LogP contribution in [0.5, 0.6) is 5.75 Å². The van der Waals surface area contributed by atoms with Gasteiger partial charge < -0.3 is 15.4 Å². The lowest BCUT2D eigenvalue weighted by molar-refractivity contribution is -0.123. The summed E-state index contributed by atoms with van der Waals surface area (Å²) in [4.78, 5) is 11.7. The molecule has 2 rings (SSSR count). The van der Waals surface area contributed by atoms with Gasteiger partial charge in [0.25, 0.3) is 5.91 Å². The van der Waals surface area contributed by atoms with Gasteiger partial charge in [-0.3, -0.25) is 4.79 Å².